The van der Waals surface area contributed by atoms with Crippen molar-refractivity contribution < 1.29 is 4.74 Å². The highest BCUT2D eigenvalue weighted by atomic mass is 79.9. The molecule has 2 nitrogen and oxygen atoms in total. The van der Waals surface area contributed by atoms with Crippen molar-refractivity contribution in [2.24, 2.45) is 0 Å². The Balaban J connectivity index is 2.01. The largest absolute Gasteiger partial charge is 0.481 e. The van der Waals surface area contributed by atoms with Gasteiger partial charge in [-0.1, -0.05) is 56.0 Å². The zero-order valence-electron chi connectivity index (χ0n) is 11.4. The van der Waals surface area contributed by atoms with Crippen LogP contribution in [0.1, 0.15) is 11.1 Å². The molecule has 0 aliphatic rings. The summed E-state index contributed by atoms with van der Waals surface area (Å²) in [6, 6.07) is 14.1. The van der Waals surface area contributed by atoms with Crippen molar-refractivity contribution >= 4 is 31.9 Å². The predicted octanol–water partition coefficient (Wildman–Crippen LogP) is 4.51. The average molecular weight is 409 g/mol. The van der Waals surface area contributed by atoms with Crippen LogP contribution in [0.2, 0.25) is 0 Å². The van der Waals surface area contributed by atoms with Crippen molar-refractivity contribution in [3.05, 3.63) is 62.5 Å². The smallest absolute Gasteiger partial charge is 0.148 e. The molecule has 0 saturated heterocycles. The lowest BCUT2D eigenvalue weighted by Gasteiger charge is -2.12. The molecule has 0 aliphatic carbocycles. The Labute approximate surface area is 142 Å². The van der Waals surface area contributed by atoms with Crippen LogP contribution in [0.5, 0.6) is 5.75 Å². The third-order valence-corrected chi connectivity index (χ3v) is 4.19. The molecule has 0 bridgehead atoms. The first kappa shape index (κ1) is 16.1. The standard InChI is InChI=1S/C17H15Br2NO/c1-2-9-21-17-8-7-15(18)10-14(17)12-20-11-13-5-3-4-6-16(13)19/h1,3-8,10,20H,9,11-12H2. The molecule has 4 heteroatoms. The minimum Gasteiger partial charge on any atom is -0.481 e. The van der Waals surface area contributed by atoms with Crippen LogP contribution in [0.15, 0.2) is 51.4 Å². The molecular formula is C17H15Br2NO. The van der Waals surface area contributed by atoms with E-state index in [0.717, 1.165) is 26.8 Å². The van der Waals surface area contributed by atoms with Gasteiger partial charge >= 0.3 is 0 Å². The van der Waals surface area contributed by atoms with Crippen LogP contribution in [0.3, 0.4) is 0 Å². The summed E-state index contributed by atoms with van der Waals surface area (Å²) in [5.74, 6) is 3.30. The molecule has 2 aromatic rings. The van der Waals surface area contributed by atoms with E-state index < -0.39 is 0 Å². The Kier molecular flexibility index (Phi) is 6.31. The Bertz CT molecular complexity index is 649. The van der Waals surface area contributed by atoms with E-state index in [1.807, 2.05) is 36.4 Å². The molecule has 0 heterocycles. The van der Waals surface area contributed by atoms with E-state index in [0.29, 0.717) is 6.54 Å². The Morgan fingerprint density at radius 1 is 1.05 bits per heavy atom. The molecule has 108 valence electrons. The van der Waals surface area contributed by atoms with Gasteiger partial charge in [0.2, 0.25) is 0 Å². The van der Waals surface area contributed by atoms with Gasteiger partial charge in [0, 0.05) is 27.6 Å². The van der Waals surface area contributed by atoms with Crippen LogP contribution in [0, 0.1) is 12.3 Å². The van der Waals surface area contributed by atoms with Gasteiger partial charge in [-0.3, -0.25) is 0 Å². The number of ether oxygens (including phenoxy) is 1. The second-order valence-corrected chi connectivity index (χ2v) is 6.21. The summed E-state index contributed by atoms with van der Waals surface area (Å²) in [6.45, 7) is 1.77. The Morgan fingerprint density at radius 3 is 2.57 bits per heavy atom. The van der Waals surface area contributed by atoms with Gasteiger partial charge in [0.1, 0.15) is 12.4 Å². The van der Waals surface area contributed by atoms with Gasteiger partial charge in [-0.2, -0.15) is 0 Å². The Morgan fingerprint density at radius 2 is 1.81 bits per heavy atom. The molecule has 0 aliphatic heterocycles. The van der Waals surface area contributed by atoms with E-state index in [4.69, 9.17) is 11.2 Å². The summed E-state index contributed by atoms with van der Waals surface area (Å²) in [6.07, 6.45) is 5.24. The number of halogens is 2. The zero-order valence-corrected chi connectivity index (χ0v) is 14.6. The van der Waals surface area contributed by atoms with E-state index in [1.54, 1.807) is 0 Å². The fourth-order valence-corrected chi connectivity index (χ4v) is 2.75. The summed E-state index contributed by atoms with van der Waals surface area (Å²) in [4.78, 5) is 0. The van der Waals surface area contributed by atoms with E-state index in [-0.39, 0.29) is 6.61 Å². The molecule has 2 aromatic carbocycles. The minimum atomic E-state index is 0.277. The molecule has 0 unspecified atom stereocenters. The third kappa shape index (κ3) is 4.89. The molecule has 0 saturated carbocycles. The molecular weight excluding hydrogens is 394 g/mol. The van der Waals surface area contributed by atoms with Gasteiger partial charge in [0.15, 0.2) is 0 Å². The van der Waals surface area contributed by atoms with Crippen LogP contribution >= 0.6 is 31.9 Å². The SMILES string of the molecule is C#CCOc1ccc(Br)cc1CNCc1ccccc1Br. The number of hydrogen-bond acceptors (Lipinski definition) is 2. The maximum atomic E-state index is 5.56. The van der Waals surface area contributed by atoms with E-state index in [1.165, 1.54) is 5.56 Å². The van der Waals surface area contributed by atoms with E-state index >= 15 is 0 Å². The monoisotopic (exact) mass is 407 g/mol. The molecule has 2 rings (SSSR count). The maximum Gasteiger partial charge on any atom is 0.148 e. The normalized spacial score (nSPS) is 10.1. The van der Waals surface area contributed by atoms with Gasteiger partial charge < -0.3 is 10.1 Å². The first-order valence-corrected chi connectivity index (χ1v) is 8.08. The highest BCUT2D eigenvalue weighted by molar-refractivity contribution is 9.10. The maximum absolute atomic E-state index is 5.56. The fourth-order valence-electron chi connectivity index (χ4n) is 1.92. The first-order chi connectivity index (χ1) is 10.2. The van der Waals surface area contributed by atoms with Crippen molar-refractivity contribution in [2.45, 2.75) is 13.1 Å². The highest BCUT2D eigenvalue weighted by Crippen LogP contribution is 2.23. The van der Waals surface area contributed by atoms with E-state index in [9.17, 15) is 0 Å². The minimum absolute atomic E-state index is 0.277. The van der Waals surface area contributed by atoms with Gasteiger partial charge in [-0.15, -0.1) is 6.42 Å². The summed E-state index contributed by atoms with van der Waals surface area (Å²) < 4.78 is 7.69. The van der Waals surface area contributed by atoms with Crippen molar-refractivity contribution in [1.82, 2.24) is 5.32 Å². The van der Waals surface area contributed by atoms with E-state index in [2.05, 4.69) is 49.2 Å². The van der Waals surface area contributed by atoms with Crippen LogP contribution in [0.25, 0.3) is 0 Å². The molecule has 0 amide bonds. The van der Waals surface area contributed by atoms with Crippen molar-refractivity contribution in [2.75, 3.05) is 6.61 Å². The molecule has 0 radical (unpaired) electrons. The lowest BCUT2D eigenvalue weighted by molar-refractivity contribution is 0.364. The van der Waals surface area contributed by atoms with Crippen LogP contribution in [-0.2, 0) is 13.1 Å². The quantitative estimate of drug-likeness (QED) is 0.709. The van der Waals surface area contributed by atoms with Gasteiger partial charge in [-0.05, 0) is 29.8 Å². The molecule has 0 aromatic heterocycles. The van der Waals surface area contributed by atoms with Crippen molar-refractivity contribution in [3.63, 3.8) is 0 Å². The summed E-state index contributed by atoms with van der Waals surface area (Å²) in [5, 5.41) is 3.42. The number of rotatable bonds is 6. The number of terminal acetylenes is 1. The Hall–Kier alpha value is -1.28. The molecule has 1 N–H and O–H groups in total. The molecule has 0 fully saturated rings. The van der Waals surface area contributed by atoms with Crippen LogP contribution in [-0.4, -0.2) is 6.61 Å². The predicted molar refractivity (Wildman–Crippen MR) is 93.2 cm³/mol. The van der Waals surface area contributed by atoms with Crippen LogP contribution < -0.4 is 10.1 Å². The number of hydrogen-bond donors (Lipinski definition) is 1. The topological polar surface area (TPSA) is 21.3 Å². The van der Waals surface area contributed by atoms with Gasteiger partial charge in [0.25, 0.3) is 0 Å². The summed E-state index contributed by atoms with van der Waals surface area (Å²) in [5.41, 5.74) is 2.30. The van der Waals surface area contributed by atoms with Gasteiger partial charge in [0.05, 0.1) is 0 Å². The summed E-state index contributed by atoms with van der Waals surface area (Å²) in [7, 11) is 0. The average Bonchev–Trinajstić information content (AvgIpc) is 2.48. The highest BCUT2D eigenvalue weighted by Gasteiger charge is 2.05. The first-order valence-electron chi connectivity index (χ1n) is 6.49. The number of nitrogens with one attached hydrogen (secondary N) is 1. The second-order valence-electron chi connectivity index (χ2n) is 4.44. The van der Waals surface area contributed by atoms with Crippen molar-refractivity contribution in [1.29, 1.82) is 0 Å². The molecule has 21 heavy (non-hydrogen) atoms. The number of benzene rings is 2. The van der Waals surface area contributed by atoms with Crippen molar-refractivity contribution in [3.8, 4) is 18.1 Å². The lowest BCUT2D eigenvalue weighted by atomic mass is 10.2. The lowest BCUT2D eigenvalue weighted by Crippen LogP contribution is -2.14. The summed E-state index contributed by atoms with van der Waals surface area (Å²) >= 11 is 7.03. The zero-order chi connectivity index (χ0) is 15.1. The second kappa shape index (κ2) is 8.23. The molecule has 0 spiro atoms. The van der Waals surface area contributed by atoms with Crippen LogP contribution in [0.4, 0.5) is 0 Å². The van der Waals surface area contributed by atoms with Gasteiger partial charge in [-0.25, -0.2) is 0 Å². The molecule has 0 atom stereocenters. The fraction of sp³-hybridized carbons (Fsp3) is 0.176. The third-order valence-electron chi connectivity index (χ3n) is 2.92.